The zero-order valence-electron chi connectivity index (χ0n) is 13.4. The van der Waals surface area contributed by atoms with E-state index < -0.39 is 15.9 Å². The first-order valence-corrected chi connectivity index (χ1v) is 9.44. The molecule has 0 unspecified atom stereocenters. The van der Waals surface area contributed by atoms with E-state index in [4.69, 9.17) is 21.1 Å². The summed E-state index contributed by atoms with van der Waals surface area (Å²) in [6, 6.07) is 11.5. The number of fused-ring (bicyclic) bond motifs is 1. The minimum atomic E-state index is -3.26. The average Bonchev–Trinajstić information content (AvgIpc) is 2.98. The lowest BCUT2D eigenvalue weighted by molar-refractivity contribution is 0.202. The third-order valence-corrected chi connectivity index (χ3v) is 5.20. The summed E-state index contributed by atoms with van der Waals surface area (Å²) < 4.78 is 28.6. The normalized spacial score (nSPS) is 11.6. The minimum absolute atomic E-state index is 0.161. The molecule has 1 amide bonds. The Labute approximate surface area is 149 Å². The van der Waals surface area contributed by atoms with Crippen molar-refractivity contribution in [1.29, 1.82) is 0 Å². The molecule has 3 rings (SSSR count). The van der Waals surface area contributed by atoms with E-state index in [9.17, 15) is 13.2 Å². The zero-order chi connectivity index (χ0) is 18.4. The van der Waals surface area contributed by atoms with Crippen LogP contribution in [0.25, 0.3) is 22.1 Å². The fourth-order valence-corrected chi connectivity index (χ4v) is 3.31. The minimum Gasteiger partial charge on any atom is -0.465 e. The molecule has 130 valence electrons. The maximum absolute atomic E-state index is 11.5. The number of rotatable bonds is 3. The Hall–Kier alpha value is -2.51. The van der Waals surface area contributed by atoms with E-state index in [-0.39, 0.29) is 10.8 Å². The van der Waals surface area contributed by atoms with Crippen LogP contribution in [0, 0.1) is 0 Å². The molecule has 0 aliphatic heterocycles. The molecular formula is C17H14ClNO5S. The molecule has 1 N–H and O–H groups in total. The molecule has 2 aromatic carbocycles. The monoisotopic (exact) mass is 379 g/mol. The number of hydrogen-bond donors (Lipinski definition) is 1. The van der Waals surface area contributed by atoms with E-state index in [1.54, 1.807) is 30.3 Å². The molecule has 1 aromatic heterocycles. The van der Waals surface area contributed by atoms with Gasteiger partial charge in [0.15, 0.2) is 15.4 Å². The summed E-state index contributed by atoms with van der Waals surface area (Å²) in [4.78, 5) is 12.2. The van der Waals surface area contributed by atoms with E-state index in [0.29, 0.717) is 16.0 Å². The summed E-state index contributed by atoms with van der Waals surface area (Å²) in [5.74, 6) is 0.161. The summed E-state index contributed by atoms with van der Waals surface area (Å²) in [7, 11) is -1.89. The number of hydrogen-bond acceptors (Lipinski definition) is 4. The number of nitrogens with zero attached hydrogens (tertiary/aromatic N) is 1. The maximum Gasteiger partial charge on any atom is 0.413 e. The fourth-order valence-electron chi connectivity index (χ4n) is 2.42. The highest BCUT2D eigenvalue weighted by atomic mass is 35.5. The first kappa shape index (κ1) is 17.3. The molecule has 8 heteroatoms. The van der Waals surface area contributed by atoms with Gasteiger partial charge in [-0.2, -0.15) is 0 Å². The van der Waals surface area contributed by atoms with Crippen molar-refractivity contribution < 1.29 is 22.7 Å². The van der Waals surface area contributed by atoms with Gasteiger partial charge in [0.05, 0.1) is 9.92 Å². The van der Waals surface area contributed by atoms with Gasteiger partial charge in [-0.15, -0.1) is 0 Å². The summed E-state index contributed by atoms with van der Waals surface area (Å²) >= 11 is 6.26. The third-order valence-electron chi connectivity index (χ3n) is 3.79. The van der Waals surface area contributed by atoms with Crippen molar-refractivity contribution in [3.8, 4) is 11.1 Å². The number of benzene rings is 2. The van der Waals surface area contributed by atoms with Gasteiger partial charge in [-0.1, -0.05) is 23.7 Å². The van der Waals surface area contributed by atoms with E-state index >= 15 is 0 Å². The van der Waals surface area contributed by atoms with Gasteiger partial charge < -0.3 is 9.52 Å². The van der Waals surface area contributed by atoms with Crippen molar-refractivity contribution in [1.82, 2.24) is 0 Å². The van der Waals surface area contributed by atoms with Crippen molar-refractivity contribution in [2.75, 3.05) is 18.2 Å². The van der Waals surface area contributed by atoms with Crippen molar-refractivity contribution in [3.05, 3.63) is 47.5 Å². The molecule has 3 aromatic rings. The second kappa shape index (κ2) is 6.09. The molecule has 0 aliphatic carbocycles. The number of carboxylic acid groups (broad SMARTS) is 1. The van der Waals surface area contributed by atoms with Gasteiger partial charge in [-0.05, 0) is 35.4 Å². The molecule has 0 fully saturated rings. The molecule has 0 spiro atoms. The Bertz CT molecular complexity index is 1070. The smallest absolute Gasteiger partial charge is 0.413 e. The van der Waals surface area contributed by atoms with Crippen molar-refractivity contribution in [2.24, 2.45) is 0 Å². The van der Waals surface area contributed by atoms with E-state index in [2.05, 4.69) is 0 Å². The van der Waals surface area contributed by atoms with E-state index in [0.717, 1.165) is 22.3 Å². The predicted molar refractivity (Wildman–Crippen MR) is 96.2 cm³/mol. The van der Waals surface area contributed by atoms with Crippen LogP contribution in [0.3, 0.4) is 0 Å². The summed E-state index contributed by atoms with van der Waals surface area (Å²) in [5, 5.41) is 10.0. The molecule has 0 atom stereocenters. The van der Waals surface area contributed by atoms with Gasteiger partial charge >= 0.3 is 6.09 Å². The number of carbonyl (C=O) groups is 1. The molecule has 0 saturated heterocycles. The third kappa shape index (κ3) is 3.33. The summed E-state index contributed by atoms with van der Waals surface area (Å²) in [6.07, 6.45) is 0.00317. The number of anilines is 1. The van der Waals surface area contributed by atoms with Gasteiger partial charge in [0.1, 0.15) is 0 Å². The maximum atomic E-state index is 11.5. The molecule has 1 heterocycles. The molecule has 0 aliphatic rings. The first-order chi connectivity index (χ1) is 11.7. The second-order valence-electron chi connectivity index (χ2n) is 5.60. The van der Waals surface area contributed by atoms with Gasteiger partial charge in [0, 0.05) is 24.8 Å². The number of halogens is 1. The van der Waals surface area contributed by atoms with Crippen LogP contribution in [0.5, 0.6) is 0 Å². The second-order valence-corrected chi connectivity index (χ2v) is 8.02. The number of amides is 1. The highest BCUT2D eigenvalue weighted by Crippen LogP contribution is 2.35. The highest BCUT2D eigenvalue weighted by molar-refractivity contribution is 7.90. The highest BCUT2D eigenvalue weighted by Gasteiger charge is 2.16. The largest absolute Gasteiger partial charge is 0.465 e. The van der Waals surface area contributed by atoms with Crippen molar-refractivity contribution in [2.45, 2.75) is 4.90 Å². The lowest BCUT2D eigenvalue weighted by Crippen LogP contribution is -2.22. The zero-order valence-corrected chi connectivity index (χ0v) is 14.9. The van der Waals surface area contributed by atoms with Crippen LogP contribution in [-0.2, 0) is 9.84 Å². The molecule has 6 nitrogen and oxygen atoms in total. The number of furan rings is 1. The predicted octanol–water partition coefficient (Wildman–Crippen LogP) is 4.27. The lowest BCUT2D eigenvalue weighted by atomic mass is 10.0. The fraction of sp³-hybridized carbons (Fsp3) is 0.118. The SMILES string of the molecule is CN(C(=O)O)c1cc2cc(-c3ccc(S(C)(=O)=O)cc3)cc(Cl)c2o1. The topological polar surface area (TPSA) is 87.8 Å². The van der Waals surface area contributed by atoms with Crippen LogP contribution in [-0.4, -0.2) is 32.9 Å². The molecular weight excluding hydrogens is 366 g/mol. The standard InChI is InChI=1S/C17H14ClNO5S/c1-19(17(20)21)15-9-12-7-11(8-14(18)16(12)24-15)10-3-5-13(6-4-10)25(2,22)23/h3-9H,1-2H3,(H,20,21). The quantitative estimate of drug-likeness (QED) is 0.734. The van der Waals surface area contributed by atoms with Crippen LogP contribution in [0.1, 0.15) is 0 Å². The van der Waals surface area contributed by atoms with Crippen molar-refractivity contribution in [3.63, 3.8) is 0 Å². The van der Waals surface area contributed by atoms with E-state index in [1.807, 2.05) is 0 Å². The Kier molecular flexibility index (Phi) is 4.22. The molecule has 0 saturated carbocycles. The number of sulfone groups is 1. The Morgan fingerprint density at radius 3 is 2.32 bits per heavy atom. The Balaban J connectivity index is 2.07. The molecule has 25 heavy (non-hydrogen) atoms. The van der Waals surface area contributed by atoms with Gasteiger partial charge in [-0.3, -0.25) is 4.90 Å². The van der Waals surface area contributed by atoms with Crippen LogP contribution in [0.4, 0.5) is 10.7 Å². The first-order valence-electron chi connectivity index (χ1n) is 7.17. The van der Waals surface area contributed by atoms with Gasteiger partial charge in [-0.25, -0.2) is 13.2 Å². The van der Waals surface area contributed by atoms with Crippen molar-refractivity contribution >= 4 is 44.4 Å². The van der Waals surface area contributed by atoms with Gasteiger partial charge in [0.2, 0.25) is 5.88 Å². The van der Waals surface area contributed by atoms with Crippen LogP contribution in [0.15, 0.2) is 51.8 Å². The van der Waals surface area contributed by atoms with Crippen LogP contribution in [0.2, 0.25) is 5.02 Å². The Morgan fingerprint density at radius 2 is 1.76 bits per heavy atom. The van der Waals surface area contributed by atoms with E-state index in [1.165, 1.54) is 19.2 Å². The average molecular weight is 380 g/mol. The molecule has 0 bridgehead atoms. The van der Waals surface area contributed by atoms with Crippen LogP contribution < -0.4 is 4.90 Å². The van der Waals surface area contributed by atoms with Crippen LogP contribution >= 0.6 is 11.6 Å². The lowest BCUT2D eigenvalue weighted by Gasteiger charge is -2.07. The summed E-state index contributed by atoms with van der Waals surface area (Å²) in [5.41, 5.74) is 1.94. The Morgan fingerprint density at radius 1 is 1.12 bits per heavy atom. The summed E-state index contributed by atoms with van der Waals surface area (Å²) in [6.45, 7) is 0. The van der Waals surface area contributed by atoms with Gasteiger partial charge in [0.25, 0.3) is 0 Å². The molecule has 0 radical (unpaired) electrons.